The van der Waals surface area contributed by atoms with Crippen LogP contribution < -0.4 is 5.32 Å². The topological polar surface area (TPSA) is 41.3 Å². The van der Waals surface area contributed by atoms with Gasteiger partial charge in [0, 0.05) is 31.4 Å². The summed E-state index contributed by atoms with van der Waals surface area (Å²) in [5.41, 5.74) is 0.877. The molecule has 0 aliphatic rings. The number of hydrogen-bond acceptors (Lipinski definition) is 4. The molecule has 4 nitrogen and oxygen atoms in total. The fraction of sp³-hybridized carbons (Fsp3) is 0.533. The molecule has 0 aliphatic heterocycles. The second-order valence-electron chi connectivity index (χ2n) is 5.34. The van der Waals surface area contributed by atoms with Crippen molar-refractivity contribution in [2.45, 2.75) is 39.8 Å². The Hall–Kier alpha value is -1.55. The zero-order valence-electron chi connectivity index (χ0n) is 12.2. The first-order valence-corrected chi connectivity index (χ1v) is 6.91. The van der Waals surface area contributed by atoms with Gasteiger partial charge in [0.25, 0.3) is 0 Å². The van der Waals surface area contributed by atoms with Crippen molar-refractivity contribution in [3.63, 3.8) is 0 Å². The first-order chi connectivity index (χ1) is 9.09. The summed E-state index contributed by atoms with van der Waals surface area (Å²) in [6.07, 6.45) is 3.48. The molecule has 2 aromatic heterocycles. The lowest BCUT2D eigenvalue weighted by Gasteiger charge is -2.30. The summed E-state index contributed by atoms with van der Waals surface area (Å²) >= 11 is 0. The number of nitrogens with zero attached hydrogens (tertiary/aromatic N) is 2. The van der Waals surface area contributed by atoms with Gasteiger partial charge in [0.15, 0.2) is 0 Å². The van der Waals surface area contributed by atoms with Crippen LogP contribution in [0.5, 0.6) is 0 Å². The molecule has 0 aliphatic carbocycles. The zero-order valence-corrected chi connectivity index (χ0v) is 12.2. The smallest absolute Gasteiger partial charge is 0.139 e. The van der Waals surface area contributed by atoms with E-state index >= 15 is 0 Å². The van der Waals surface area contributed by atoms with Crippen LogP contribution in [0, 0.1) is 0 Å². The highest BCUT2D eigenvalue weighted by atomic mass is 16.3. The normalized spacial score (nSPS) is 11.9. The molecule has 0 unspecified atom stereocenters. The summed E-state index contributed by atoms with van der Waals surface area (Å²) in [4.78, 5) is 6.84. The predicted octanol–water partition coefficient (Wildman–Crippen LogP) is 3.36. The number of anilines is 1. The number of rotatable bonds is 6. The van der Waals surface area contributed by atoms with Gasteiger partial charge in [-0.1, -0.05) is 0 Å². The van der Waals surface area contributed by atoms with Crippen LogP contribution in [0.1, 0.15) is 27.7 Å². The maximum absolute atomic E-state index is 5.37. The summed E-state index contributed by atoms with van der Waals surface area (Å²) in [5, 5.41) is 4.45. The van der Waals surface area contributed by atoms with Crippen molar-refractivity contribution in [1.29, 1.82) is 0 Å². The summed E-state index contributed by atoms with van der Waals surface area (Å²) in [6, 6.07) is 4.95. The number of nitrogens with one attached hydrogen (secondary N) is 1. The predicted molar refractivity (Wildman–Crippen MR) is 79.5 cm³/mol. The van der Waals surface area contributed by atoms with E-state index < -0.39 is 0 Å². The first kappa shape index (κ1) is 13.9. The third kappa shape index (κ3) is 3.26. The van der Waals surface area contributed by atoms with Gasteiger partial charge in [-0.2, -0.15) is 0 Å². The van der Waals surface area contributed by atoms with Gasteiger partial charge >= 0.3 is 0 Å². The second kappa shape index (κ2) is 6.06. The largest absolute Gasteiger partial charge is 0.464 e. The molecule has 19 heavy (non-hydrogen) atoms. The van der Waals surface area contributed by atoms with E-state index in [1.54, 1.807) is 12.5 Å². The van der Waals surface area contributed by atoms with Crippen LogP contribution in [0.15, 0.2) is 29.0 Å². The highest BCUT2D eigenvalue weighted by Crippen LogP contribution is 2.21. The summed E-state index contributed by atoms with van der Waals surface area (Å²) in [5.74, 6) is 0.902. The van der Waals surface area contributed by atoms with Gasteiger partial charge in [-0.15, -0.1) is 0 Å². The van der Waals surface area contributed by atoms with Crippen LogP contribution in [0.3, 0.4) is 0 Å². The van der Waals surface area contributed by atoms with Crippen molar-refractivity contribution in [2.24, 2.45) is 0 Å². The fourth-order valence-corrected chi connectivity index (χ4v) is 2.45. The molecule has 0 saturated carbocycles. The summed E-state index contributed by atoms with van der Waals surface area (Å²) < 4.78 is 5.37. The number of fused-ring (bicyclic) bond motifs is 1. The zero-order chi connectivity index (χ0) is 13.8. The van der Waals surface area contributed by atoms with Gasteiger partial charge < -0.3 is 9.73 Å². The molecule has 0 amide bonds. The fourth-order valence-electron chi connectivity index (χ4n) is 2.45. The molecule has 2 aromatic rings. The average Bonchev–Trinajstić information content (AvgIpc) is 2.82. The van der Waals surface area contributed by atoms with Crippen molar-refractivity contribution < 1.29 is 4.42 Å². The van der Waals surface area contributed by atoms with E-state index in [0.717, 1.165) is 29.9 Å². The standard InChI is InChI=1S/C15H23N3O/c1-11(2)18(12(3)4)9-8-17-15-13-6-10-19-14(13)5-7-16-15/h5-7,10-12H,8-9H2,1-4H3,(H,16,17). The Morgan fingerprint density at radius 3 is 2.63 bits per heavy atom. The van der Waals surface area contributed by atoms with E-state index in [4.69, 9.17) is 4.42 Å². The van der Waals surface area contributed by atoms with Gasteiger partial charge in [-0.05, 0) is 39.8 Å². The van der Waals surface area contributed by atoms with Gasteiger partial charge in [-0.25, -0.2) is 4.98 Å². The lowest BCUT2D eigenvalue weighted by Crippen LogP contribution is -2.40. The minimum absolute atomic E-state index is 0.555. The molecule has 0 spiro atoms. The SMILES string of the molecule is CC(C)N(CCNc1nccc2occc12)C(C)C. The minimum Gasteiger partial charge on any atom is -0.464 e. The van der Waals surface area contributed by atoms with E-state index in [2.05, 4.69) is 42.9 Å². The molecule has 2 rings (SSSR count). The highest BCUT2D eigenvalue weighted by Gasteiger charge is 2.12. The van der Waals surface area contributed by atoms with Crippen LogP contribution in [0.25, 0.3) is 11.0 Å². The monoisotopic (exact) mass is 261 g/mol. The molecule has 0 aromatic carbocycles. The summed E-state index contributed by atoms with van der Waals surface area (Å²) in [6.45, 7) is 10.8. The van der Waals surface area contributed by atoms with E-state index in [1.807, 2.05) is 12.1 Å². The van der Waals surface area contributed by atoms with E-state index in [1.165, 1.54) is 0 Å². The molecular weight excluding hydrogens is 238 g/mol. The average molecular weight is 261 g/mol. The Balaban J connectivity index is 1.97. The molecule has 1 N–H and O–H groups in total. The van der Waals surface area contributed by atoms with Crippen molar-refractivity contribution in [2.75, 3.05) is 18.4 Å². The second-order valence-corrected chi connectivity index (χ2v) is 5.34. The molecule has 0 bridgehead atoms. The van der Waals surface area contributed by atoms with Crippen LogP contribution in [-0.4, -0.2) is 35.1 Å². The number of aromatic nitrogens is 1. The van der Waals surface area contributed by atoms with Gasteiger partial charge in [0.1, 0.15) is 11.4 Å². The Bertz CT molecular complexity index is 511. The van der Waals surface area contributed by atoms with Crippen molar-refractivity contribution in [3.8, 4) is 0 Å². The van der Waals surface area contributed by atoms with Crippen molar-refractivity contribution in [1.82, 2.24) is 9.88 Å². The molecule has 2 heterocycles. The molecular formula is C15H23N3O. The Labute approximate surface area is 114 Å². The van der Waals surface area contributed by atoms with Crippen molar-refractivity contribution in [3.05, 3.63) is 24.6 Å². The minimum atomic E-state index is 0.555. The molecule has 0 saturated heterocycles. The maximum atomic E-state index is 5.37. The van der Waals surface area contributed by atoms with E-state index in [-0.39, 0.29) is 0 Å². The van der Waals surface area contributed by atoms with E-state index in [0.29, 0.717) is 12.1 Å². The van der Waals surface area contributed by atoms with Crippen LogP contribution >= 0.6 is 0 Å². The maximum Gasteiger partial charge on any atom is 0.139 e. The molecule has 104 valence electrons. The number of furan rings is 1. The lowest BCUT2D eigenvalue weighted by molar-refractivity contribution is 0.182. The number of hydrogen-bond donors (Lipinski definition) is 1. The number of pyridine rings is 1. The summed E-state index contributed by atoms with van der Waals surface area (Å²) in [7, 11) is 0. The van der Waals surface area contributed by atoms with Crippen LogP contribution in [0.4, 0.5) is 5.82 Å². The molecule has 0 atom stereocenters. The lowest BCUT2D eigenvalue weighted by atomic mass is 10.2. The van der Waals surface area contributed by atoms with Crippen LogP contribution in [0.2, 0.25) is 0 Å². The molecule has 4 heteroatoms. The first-order valence-electron chi connectivity index (χ1n) is 6.91. The quantitative estimate of drug-likeness (QED) is 0.865. The third-order valence-electron chi connectivity index (χ3n) is 3.37. The Morgan fingerprint density at radius 2 is 1.95 bits per heavy atom. The van der Waals surface area contributed by atoms with Gasteiger partial charge in [0.2, 0.25) is 0 Å². The third-order valence-corrected chi connectivity index (χ3v) is 3.37. The van der Waals surface area contributed by atoms with Crippen LogP contribution in [-0.2, 0) is 0 Å². The van der Waals surface area contributed by atoms with Gasteiger partial charge in [0.05, 0.1) is 11.6 Å². The Morgan fingerprint density at radius 1 is 1.21 bits per heavy atom. The molecule has 0 radical (unpaired) electrons. The van der Waals surface area contributed by atoms with Crippen molar-refractivity contribution >= 4 is 16.8 Å². The van der Waals surface area contributed by atoms with E-state index in [9.17, 15) is 0 Å². The van der Waals surface area contributed by atoms with Gasteiger partial charge in [-0.3, -0.25) is 4.90 Å². The highest BCUT2D eigenvalue weighted by molar-refractivity contribution is 5.87. The Kier molecular flexibility index (Phi) is 4.43. The molecule has 0 fully saturated rings.